The van der Waals surface area contributed by atoms with Crippen molar-refractivity contribution in [3.63, 3.8) is 0 Å². The first-order valence-electron chi connectivity index (χ1n) is 15.1. The molecule has 0 bridgehead atoms. The van der Waals surface area contributed by atoms with E-state index in [9.17, 15) is 44.1 Å². The largest absolute Gasteiger partial charge is 0.508 e. The predicted molar refractivity (Wildman–Crippen MR) is 168 cm³/mol. The third-order valence-electron chi connectivity index (χ3n) is 7.45. The van der Waals surface area contributed by atoms with Gasteiger partial charge >= 0.3 is 0 Å². The van der Waals surface area contributed by atoms with Crippen LogP contribution in [0.25, 0.3) is 0 Å². The number of aromatic hydroxyl groups is 1. The van der Waals surface area contributed by atoms with Crippen molar-refractivity contribution in [3.05, 3.63) is 29.8 Å². The fourth-order valence-electron chi connectivity index (χ4n) is 4.54. The normalized spacial score (nSPS) is 24.2. The molecule has 1 heterocycles. The average Bonchev–Trinajstić information content (AvgIpc) is 3.04. The van der Waals surface area contributed by atoms with E-state index in [0.717, 1.165) is 0 Å². The van der Waals surface area contributed by atoms with Crippen LogP contribution < -0.4 is 43.4 Å². The van der Waals surface area contributed by atoms with E-state index in [-0.39, 0.29) is 37.5 Å². The number of aliphatic hydroxyl groups is 2. The Hall–Kier alpha value is -4.97. The summed E-state index contributed by atoms with van der Waals surface area (Å²) in [5.74, 6) is -5.80. The number of amides is 6. The Bertz CT molecular complexity index is 1290. The number of phenolic OH excluding ortho intramolecular Hbond substituents is 1. The van der Waals surface area contributed by atoms with Crippen LogP contribution in [0.4, 0.5) is 0 Å². The lowest BCUT2D eigenvalue weighted by molar-refractivity contribution is -0.137. The van der Waals surface area contributed by atoms with Gasteiger partial charge in [0.05, 0.1) is 19.8 Å². The van der Waals surface area contributed by atoms with E-state index >= 15 is 0 Å². The molecule has 0 radical (unpaired) electrons. The third kappa shape index (κ3) is 12.4. The van der Waals surface area contributed by atoms with Crippen molar-refractivity contribution in [1.82, 2.24) is 31.9 Å². The van der Waals surface area contributed by atoms with Crippen LogP contribution in [0, 0.1) is 5.92 Å². The number of phenols is 1. The van der Waals surface area contributed by atoms with E-state index < -0.39 is 91.3 Å². The molecule has 18 nitrogen and oxygen atoms in total. The molecule has 1 aliphatic rings. The van der Waals surface area contributed by atoms with Gasteiger partial charge in [0.1, 0.15) is 36.0 Å². The van der Waals surface area contributed by atoms with Crippen LogP contribution in [0.1, 0.15) is 38.7 Å². The quantitative estimate of drug-likeness (QED) is 0.0645. The van der Waals surface area contributed by atoms with Gasteiger partial charge in [-0.05, 0) is 36.5 Å². The minimum Gasteiger partial charge on any atom is -0.508 e. The average molecular weight is 664 g/mol. The maximum atomic E-state index is 13.6. The van der Waals surface area contributed by atoms with Crippen molar-refractivity contribution in [3.8, 4) is 5.75 Å². The number of aliphatic imine (C=N–C) groups is 1. The molecule has 1 aromatic rings. The molecule has 6 amide bonds. The SMILES string of the molecule is CC[C@H](C)[C@@H]1NC(=O)[C@H](Cc2ccc(O)cc2)NC(=O)CNC(=O)[C@H](CCCN=C(N)N)NC(=O)[C@H](CO)NC(=O)[C@@H](CO)NC1=O. The van der Waals surface area contributed by atoms with E-state index in [0.29, 0.717) is 12.0 Å². The van der Waals surface area contributed by atoms with Gasteiger partial charge in [0.25, 0.3) is 0 Å². The van der Waals surface area contributed by atoms with Crippen LogP contribution in [0.3, 0.4) is 0 Å². The molecule has 2 rings (SSSR count). The third-order valence-corrected chi connectivity index (χ3v) is 7.45. The fraction of sp³-hybridized carbons (Fsp3) is 0.552. The Balaban J connectivity index is 2.46. The van der Waals surface area contributed by atoms with Gasteiger partial charge in [-0.15, -0.1) is 0 Å². The fourth-order valence-corrected chi connectivity index (χ4v) is 4.54. The summed E-state index contributed by atoms with van der Waals surface area (Å²) in [6, 6.07) is -1.03. The van der Waals surface area contributed by atoms with Crippen LogP contribution in [0.2, 0.25) is 0 Å². The van der Waals surface area contributed by atoms with E-state index in [4.69, 9.17) is 11.5 Å². The first-order chi connectivity index (χ1) is 22.3. The number of nitrogens with one attached hydrogen (secondary N) is 6. The summed E-state index contributed by atoms with van der Waals surface area (Å²) in [5, 5.41) is 44.0. The minimum atomic E-state index is -1.59. The molecule has 260 valence electrons. The lowest BCUT2D eigenvalue weighted by atomic mass is 9.96. The zero-order valence-corrected chi connectivity index (χ0v) is 26.3. The second kappa shape index (κ2) is 18.9. The van der Waals surface area contributed by atoms with Gasteiger partial charge in [-0.1, -0.05) is 32.4 Å². The highest BCUT2D eigenvalue weighted by atomic mass is 16.3. The number of carbonyl (C=O) groups excluding carboxylic acids is 6. The van der Waals surface area contributed by atoms with Crippen LogP contribution in [0.5, 0.6) is 5.75 Å². The van der Waals surface area contributed by atoms with Crippen LogP contribution in [-0.2, 0) is 35.2 Å². The molecular formula is C29H45N9O9. The van der Waals surface area contributed by atoms with Gasteiger partial charge in [0.2, 0.25) is 35.4 Å². The molecule has 1 aliphatic heterocycles. The first kappa shape index (κ1) is 38.2. The Kier molecular flexibility index (Phi) is 15.3. The van der Waals surface area contributed by atoms with Gasteiger partial charge in [0.15, 0.2) is 5.96 Å². The van der Waals surface area contributed by atoms with Crippen molar-refractivity contribution in [2.75, 3.05) is 26.3 Å². The number of hydrogen-bond donors (Lipinski definition) is 11. The lowest BCUT2D eigenvalue weighted by Gasteiger charge is -2.29. The number of aliphatic hydroxyl groups excluding tert-OH is 2. The number of carbonyl (C=O) groups is 6. The summed E-state index contributed by atoms with van der Waals surface area (Å²) >= 11 is 0. The number of nitrogens with zero attached hydrogens (tertiary/aromatic N) is 1. The molecular weight excluding hydrogens is 618 g/mol. The molecule has 1 saturated heterocycles. The van der Waals surface area contributed by atoms with E-state index in [2.05, 4.69) is 36.9 Å². The van der Waals surface area contributed by atoms with Crippen LogP contribution >= 0.6 is 0 Å². The number of rotatable bonds is 10. The molecule has 1 fully saturated rings. The molecule has 0 aliphatic carbocycles. The molecule has 0 unspecified atom stereocenters. The number of guanidine groups is 1. The van der Waals surface area contributed by atoms with Crippen molar-refractivity contribution in [2.24, 2.45) is 22.4 Å². The van der Waals surface area contributed by atoms with E-state index in [1.165, 1.54) is 12.1 Å². The second-order valence-corrected chi connectivity index (χ2v) is 11.1. The van der Waals surface area contributed by atoms with Crippen LogP contribution in [-0.4, -0.2) is 113 Å². The van der Waals surface area contributed by atoms with Crippen molar-refractivity contribution in [1.29, 1.82) is 0 Å². The number of hydrogen-bond acceptors (Lipinski definition) is 10. The first-order valence-corrected chi connectivity index (χ1v) is 15.1. The smallest absolute Gasteiger partial charge is 0.245 e. The van der Waals surface area contributed by atoms with E-state index in [1.807, 2.05) is 0 Å². The zero-order chi connectivity index (χ0) is 35.1. The standard InChI is InChI=1S/C29H45N9O9/c1-3-15(2)23-28(47)37-21(14-40)27(46)36-20(13-39)26(45)35-18(5-4-10-32-29(30)31)24(43)33-12-22(42)34-19(25(44)38-23)11-16-6-8-17(41)9-7-16/h6-9,15,18-21,23,39-41H,3-5,10-14H2,1-2H3,(H,33,43)(H,34,42)(H,35,45)(H,36,46)(H,37,47)(H,38,44)(H4,30,31,32)/t15-,18-,19-,20-,21+,23-/m0/s1. The second-order valence-electron chi connectivity index (χ2n) is 11.1. The van der Waals surface area contributed by atoms with Crippen molar-refractivity contribution < 1.29 is 44.1 Å². The maximum absolute atomic E-state index is 13.6. The van der Waals surface area contributed by atoms with E-state index in [1.54, 1.807) is 26.0 Å². The highest BCUT2D eigenvalue weighted by Crippen LogP contribution is 2.13. The molecule has 0 aromatic heterocycles. The highest BCUT2D eigenvalue weighted by molar-refractivity contribution is 5.97. The van der Waals surface area contributed by atoms with Gasteiger partial charge in [-0.2, -0.15) is 0 Å². The predicted octanol–water partition coefficient (Wildman–Crippen LogP) is -4.43. The number of benzene rings is 1. The summed E-state index contributed by atoms with van der Waals surface area (Å²) in [7, 11) is 0. The zero-order valence-electron chi connectivity index (χ0n) is 26.3. The molecule has 47 heavy (non-hydrogen) atoms. The Labute approximate surface area is 271 Å². The van der Waals surface area contributed by atoms with Crippen molar-refractivity contribution >= 4 is 41.4 Å². The minimum absolute atomic E-state index is 0.0136. The molecule has 0 saturated carbocycles. The summed E-state index contributed by atoms with van der Waals surface area (Å²) in [6.07, 6.45) is 0.549. The van der Waals surface area contributed by atoms with Gasteiger partial charge < -0.3 is 58.7 Å². The Morgan fingerprint density at radius 2 is 1.36 bits per heavy atom. The maximum Gasteiger partial charge on any atom is 0.245 e. The summed E-state index contributed by atoms with van der Waals surface area (Å²) in [4.78, 5) is 82.9. The Morgan fingerprint density at radius 3 is 1.91 bits per heavy atom. The van der Waals surface area contributed by atoms with Gasteiger partial charge in [0, 0.05) is 13.0 Å². The van der Waals surface area contributed by atoms with Gasteiger partial charge in [-0.3, -0.25) is 33.8 Å². The monoisotopic (exact) mass is 663 g/mol. The van der Waals surface area contributed by atoms with Crippen molar-refractivity contribution in [2.45, 2.75) is 69.7 Å². The molecule has 0 spiro atoms. The summed E-state index contributed by atoms with van der Waals surface area (Å²) in [5.41, 5.74) is 11.2. The van der Waals surface area contributed by atoms with Gasteiger partial charge in [-0.25, -0.2) is 0 Å². The van der Waals surface area contributed by atoms with Crippen LogP contribution in [0.15, 0.2) is 29.3 Å². The summed E-state index contributed by atoms with van der Waals surface area (Å²) < 4.78 is 0. The molecule has 1 aromatic carbocycles. The highest BCUT2D eigenvalue weighted by Gasteiger charge is 2.34. The number of nitrogens with two attached hydrogens (primary N) is 2. The lowest BCUT2D eigenvalue weighted by Crippen LogP contribution is -2.62. The topological polar surface area (TPSA) is 300 Å². The molecule has 13 N–H and O–H groups in total. The molecule has 18 heteroatoms. The summed E-state index contributed by atoms with van der Waals surface area (Å²) in [6.45, 7) is 1.14. The molecule has 6 atom stereocenters. The Morgan fingerprint density at radius 1 is 0.809 bits per heavy atom.